The number of methoxy groups -OCH3 is 3. The zero-order chi connectivity index (χ0) is 25.5. The third kappa shape index (κ3) is 6.73. The third-order valence-electron chi connectivity index (χ3n) is 4.58. The van der Waals surface area contributed by atoms with E-state index in [4.69, 9.17) is 24.7 Å². The van der Waals surface area contributed by atoms with Gasteiger partial charge in [-0.2, -0.15) is 5.26 Å². The summed E-state index contributed by atoms with van der Waals surface area (Å²) in [7, 11) is 4.50. The largest absolute Gasteiger partial charge is 0.497 e. The zero-order valence-electron chi connectivity index (χ0n) is 20.1. The van der Waals surface area contributed by atoms with Gasteiger partial charge in [-0.05, 0) is 61.7 Å². The van der Waals surface area contributed by atoms with Crippen LogP contribution in [0.5, 0.6) is 17.2 Å². The van der Waals surface area contributed by atoms with Crippen molar-refractivity contribution in [3.05, 3.63) is 53.6 Å². The van der Waals surface area contributed by atoms with Crippen LogP contribution in [-0.2, 0) is 14.3 Å². The van der Waals surface area contributed by atoms with Crippen LogP contribution in [0.4, 0.5) is 5.69 Å². The van der Waals surface area contributed by atoms with Crippen LogP contribution in [0.3, 0.4) is 0 Å². The molecular weight excluding hydrogens is 438 g/mol. The van der Waals surface area contributed by atoms with Crippen LogP contribution in [0.25, 0.3) is 5.57 Å². The van der Waals surface area contributed by atoms with E-state index in [-0.39, 0.29) is 5.69 Å². The minimum absolute atomic E-state index is 0.266. The molecule has 2 rings (SSSR count). The topological polar surface area (TPSA) is 133 Å². The van der Waals surface area contributed by atoms with Gasteiger partial charge in [0.15, 0.2) is 6.04 Å². The number of allylic oxidation sites excluding steroid dienone is 1. The highest BCUT2D eigenvalue weighted by atomic mass is 16.6. The van der Waals surface area contributed by atoms with Crippen molar-refractivity contribution in [2.75, 3.05) is 26.6 Å². The second-order valence-corrected chi connectivity index (χ2v) is 8.20. The summed E-state index contributed by atoms with van der Waals surface area (Å²) in [6.07, 6.45) is 1.37. The lowest BCUT2D eigenvalue weighted by Gasteiger charge is -2.22. The van der Waals surface area contributed by atoms with Gasteiger partial charge >= 0.3 is 5.97 Å². The maximum absolute atomic E-state index is 12.7. The lowest BCUT2D eigenvalue weighted by molar-refractivity contribution is -0.157. The standard InChI is InChI=1S/C25H29N3O6/c1-25(2,3)34-24(30)22(27)23(29)28-20-13-15(7-8-21(20)33-6)19(9-10-26)16-11-17(31-4)14-18(12-16)32-5/h7-9,11-14,22H,27H2,1-6H3,(H,28,29). The molecule has 1 unspecified atom stereocenters. The molecule has 2 aromatic rings. The van der Waals surface area contributed by atoms with Gasteiger partial charge in [0, 0.05) is 12.1 Å². The van der Waals surface area contributed by atoms with Crippen molar-refractivity contribution < 1.29 is 28.5 Å². The lowest BCUT2D eigenvalue weighted by atomic mass is 9.96. The predicted octanol–water partition coefficient (Wildman–Crippen LogP) is 3.28. The smallest absolute Gasteiger partial charge is 0.333 e. The van der Waals surface area contributed by atoms with Gasteiger partial charge in [0.1, 0.15) is 22.8 Å². The Balaban J connectivity index is 2.45. The summed E-state index contributed by atoms with van der Waals surface area (Å²) in [5, 5.41) is 12.0. The monoisotopic (exact) mass is 467 g/mol. The van der Waals surface area contributed by atoms with Crippen LogP contribution in [0.15, 0.2) is 42.5 Å². The Labute approximate surface area is 199 Å². The average Bonchev–Trinajstić information content (AvgIpc) is 2.80. The molecule has 0 aromatic heterocycles. The number of nitrogens with two attached hydrogens (primary N) is 1. The molecule has 0 aliphatic rings. The van der Waals surface area contributed by atoms with Crippen LogP contribution in [0, 0.1) is 11.3 Å². The molecule has 34 heavy (non-hydrogen) atoms. The first kappa shape index (κ1) is 26.2. The number of anilines is 1. The third-order valence-corrected chi connectivity index (χ3v) is 4.58. The van der Waals surface area contributed by atoms with Crippen molar-refractivity contribution in [1.29, 1.82) is 5.26 Å². The molecule has 9 heteroatoms. The molecule has 0 aliphatic heterocycles. The number of benzene rings is 2. The average molecular weight is 468 g/mol. The second kappa shape index (κ2) is 11.2. The first-order chi connectivity index (χ1) is 16.0. The minimum Gasteiger partial charge on any atom is -0.497 e. The first-order valence-electron chi connectivity index (χ1n) is 10.3. The van der Waals surface area contributed by atoms with E-state index in [0.29, 0.717) is 33.9 Å². The van der Waals surface area contributed by atoms with Crippen molar-refractivity contribution >= 4 is 23.1 Å². The van der Waals surface area contributed by atoms with Crippen molar-refractivity contribution in [3.8, 4) is 23.3 Å². The highest BCUT2D eigenvalue weighted by Crippen LogP contribution is 2.34. The molecule has 0 radical (unpaired) electrons. The molecule has 0 fully saturated rings. The van der Waals surface area contributed by atoms with Crippen molar-refractivity contribution in [1.82, 2.24) is 0 Å². The molecule has 9 nitrogen and oxygen atoms in total. The Morgan fingerprint density at radius 3 is 2.12 bits per heavy atom. The fourth-order valence-corrected chi connectivity index (χ4v) is 3.02. The summed E-state index contributed by atoms with van der Waals surface area (Å²) in [5.41, 5.74) is 7.08. The molecule has 0 spiro atoms. The van der Waals surface area contributed by atoms with E-state index in [2.05, 4.69) is 5.32 Å². The zero-order valence-corrected chi connectivity index (χ0v) is 20.1. The molecule has 0 saturated heterocycles. The van der Waals surface area contributed by atoms with Gasteiger partial charge in [-0.1, -0.05) is 6.07 Å². The normalized spacial score (nSPS) is 12.2. The summed E-state index contributed by atoms with van der Waals surface area (Å²) in [5.74, 6) is -0.188. The van der Waals surface area contributed by atoms with Crippen LogP contribution in [-0.4, -0.2) is 44.8 Å². The van der Waals surface area contributed by atoms with Crippen LogP contribution >= 0.6 is 0 Å². The number of nitriles is 1. The molecule has 3 N–H and O–H groups in total. The number of nitrogens with zero attached hydrogens (tertiary/aromatic N) is 1. The van der Waals surface area contributed by atoms with Gasteiger partial charge in [0.2, 0.25) is 0 Å². The molecule has 0 bridgehead atoms. The summed E-state index contributed by atoms with van der Waals surface area (Å²) in [6.45, 7) is 5.04. The van der Waals surface area contributed by atoms with E-state index in [9.17, 15) is 14.9 Å². The number of hydrogen-bond donors (Lipinski definition) is 2. The van der Waals surface area contributed by atoms with Crippen molar-refractivity contribution in [2.45, 2.75) is 32.4 Å². The van der Waals surface area contributed by atoms with Crippen molar-refractivity contribution in [2.24, 2.45) is 5.73 Å². The maximum Gasteiger partial charge on any atom is 0.333 e. The number of rotatable bonds is 8. The fourth-order valence-electron chi connectivity index (χ4n) is 3.02. The van der Waals surface area contributed by atoms with E-state index in [1.54, 1.807) is 57.2 Å². The van der Waals surface area contributed by atoms with E-state index in [1.165, 1.54) is 27.4 Å². The summed E-state index contributed by atoms with van der Waals surface area (Å²) >= 11 is 0. The Morgan fingerprint density at radius 1 is 1.00 bits per heavy atom. The molecule has 1 amide bonds. The van der Waals surface area contributed by atoms with Gasteiger partial charge in [0.05, 0.1) is 33.1 Å². The van der Waals surface area contributed by atoms with Gasteiger partial charge < -0.3 is 30.0 Å². The number of amides is 1. The number of carbonyl (C=O) groups excluding carboxylic acids is 2. The van der Waals surface area contributed by atoms with Crippen LogP contribution < -0.4 is 25.3 Å². The quantitative estimate of drug-likeness (QED) is 0.343. The summed E-state index contributed by atoms with van der Waals surface area (Å²) in [4.78, 5) is 24.9. The predicted molar refractivity (Wildman–Crippen MR) is 128 cm³/mol. The van der Waals surface area contributed by atoms with E-state index in [0.717, 1.165) is 0 Å². The van der Waals surface area contributed by atoms with Crippen molar-refractivity contribution in [3.63, 3.8) is 0 Å². The number of ether oxygens (including phenoxy) is 4. The van der Waals surface area contributed by atoms with Gasteiger partial charge in [-0.3, -0.25) is 4.79 Å². The Bertz CT molecular complexity index is 1110. The molecule has 1 atom stereocenters. The minimum atomic E-state index is -1.54. The SMILES string of the molecule is COc1cc(OC)cc(C(=CC#N)c2ccc(OC)c(NC(=O)C(N)C(=O)OC(C)(C)C)c2)c1. The van der Waals surface area contributed by atoms with E-state index in [1.807, 2.05) is 6.07 Å². The Hall–Kier alpha value is -4.03. The number of carbonyl (C=O) groups is 2. The maximum atomic E-state index is 12.7. The van der Waals surface area contributed by atoms with Gasteiger partial charge in [0.25, 0.3) is 5.91 Å². The lowest BCUT2D eigenvalue weighted by Crippen LogP contribution is -2.45. The number of hydrogen-bond acceptors (Lipinski definition) is 8. The molecule has 2 aromatic carbocycles. The molecule has 0 aliphatic carbocycles. The Kier molecular flexibility index (Phi) is 8.64. The Morgan fingerprint density at radius 2 is 1.62 bits per heavy atom. The van der Waals surface area contributed by atoms with E-state index < -0.39 is 23.5 Å². The fraction of sp³-hybridized carbons (Fsp3) is 0.320. The molecule has 0 saturated carbocycles. The summed E-state index contributed by atoms with van der Waals surface area (Å²) in [6, 6.07) is 10.7. The molecule has 180 valence electrons. The number of nitrogens with one attached hydrogen (secondary N) is 1. The summed E-state index contributed by atoms with van der Waals surface area (Å²) < 4.78 is 21.2. The van der Waals surface area contributed by atoms with Gasteiger partial charge in [-0.25, -0.2) is 4.79 Å². The highest BCUT2D eigenvalue weighted by molar-refractivity contribution is 6.09. The second-order valence-electron chi connectivity index (χ2n) is 8.20. The van der Waals surface area contributed by atoms with Crippen LogP contribution in [0.1, 0.15) is 31.9 Å². The van der Waals surface area contributed by atoms with E-state index >= 15 is 0 Å². The van der Waals surface area contributed by atoms with Crippen LogP contribution in [0.2, 0.25) is 0 Å². The van der Waals surface area contributed by atoms with Gasteiger partial charge in [-0.15, -0.1) is 0 Å². The number of esters is 1. The molecular formula is C25H29N3O6. The first-order valence-corrected chi connectivity index (χ1v) is 10.3. The molecule has 0 heterocycles. The highest BCUT2D eigenvalue weighted by Gasteiger charge is 2.28.